The van der Waals surface area contributed by atoms with Crippen LogP contribution in [-0.2, 0) is 4.74 Å². The van der Waals surface area contributed by atoms with Crippen molar-refractivity contribution in [2.45, 2.75) is 83.3 Å². The standard InChI is InChI=1S/C37H39ClF3N7O5S/c1-18(15-46-11-9-19(39)10-12-46)52-34-43-30-23(32(44-34)47-16-20-5-6-21(17-47)48(20)36(50)51)13-25(38)28(29(30)41)22-7-8-26(40)31-27(22)24(14-42)33(54-31)45-35(49)53-37(2,3)4/h7-8,13,18-21H,5-6,9-12,15-17H2,1-4H3,(H,45,49)(H,50,51). The van der Waals surface area contributed by atoms with Crippen LogP contribution in [0.15, 0.2) is 18.2 Å². The SMILES string of the molecule is CC(CN1CCC(F)CC1)Oc1nc(N2CC3CCC(C2)N3C(=O)O)c2cc(Cl)c(-c3ccc(F)c4sc(NC(=O)OC(C)(C)C)c(C#N)c34)c(F)c2n1. The van der Waals surface area contributed by atoms with Crippen LogP contribution < -0.4 is 15.0 Å². The highest BCUT2D eigenvalue weighted by atomic mass is 35.5. The number of piperazine rings is 1. The number of piperidine rings is 1. The number of carboxylic acid groups (broad SMARTS) is 1. The van der Waals surface area contributed by atoms with Crippen LogP contribution in [0, 0.1) is 23.0 Å². The number of halogens is 4. The fourth-order valence-corrected chi connectivity index (χ4v) is 9.09. The van der Waals surface area contributed by atoms with Gasteiger partial charge in [-0.15, -0.1) is 11.3 Å². The first-order valence-corrected chi connectivity index (χ1v) is 19.0. The summed E-state index contributed by atoms with van der Waals surface area (Å²) in [7, 11) is 0. The van der Waals surface area contributed by atoms with Crippen LogP contribution >= 0.6 is 22.9 Å². The molecule has 3 unspecified atom stereocenters. The van der Waals surface area contributed by atoms with Crippen LogP contribution in [0.1, 0.15) is 58.9 Å². The van der Waals surface area contributed by atoms with Gasteiger partial charge in [0, 0.05) is 49.1 Å². The Balaban J connectivity index is 1.34. The molecule has 0 saturated carbocycles. The third-order valence-corrected chi connectivity index (χ3v) is 11.4. The first kappa shape index (κ1) is 37.7. The average Bonchev–Trinajstić information content (AvgIpc) is 3.59. The van der Waals surface area contributed by atoms with Crippen LogP contribution in [0.2, 0.25) is 5.02 Å². The molecule has 2 bridgehead atoms. The topological polar surface area (TPSA) is 144 Å². The molecule has 3 saturated heterocycles. The third-order valence-electron chi connectivity index (χ3n) is 9.97. The molecule has 3 aliphatic rings. The maximum absolute atomic E-state index is 17.2. The van der Waals surface area contributed by atoms with Gasteiger partial charge in [0.15, 0.2) is 5.82 Å². The number of fused-ring (bicyclic) bond motifs is 4. The summed E-state index contributed by atoms with van der Waals surface area (Å²) >= 11 is 7.71. The predicted octanol–water partition coefficient (Wildman–Crippen LogP) is 8.19. The normalized spacial score (nSPS) is 20.0. The molecule has 2 amide bonds. The minimum atomic E-state index is -0.997. The third kappa shape index (κ3) is 7.28. The summed E-state index contributed by atoms with van der Waals surface area (Å²) in [5, 5.41) is 22.9. The Labute approximate surface area is 318 Å². The molecule has 54 heavy (non-hydrogen) atoms. The van der Waals surface area contributed by atoms with Crippen molar-refractivity contribution in [1.82, 2.24) is 19.8 Å². The molecule has 3 fully saturated rings. The van der Waals surface area contributed by atoms with E-state index in [0.29, 0.717) is 64.2 Å². The van der Waals surface area contributed by atoms with E-state index in [2.05, 4.69) is 15.2 Å². The molecule has 2 aromatic carbocycles. The van der Waals surface area contributed by atoms with Gasteiger partial charge < -0.3 is 19.5 Å². The fraction of sp³-hybridized carbons (Fsp3) is 0.486. The van der Waals surface area contributed by atoms with Gasteiger partial charge in [-0.25, -0.2) is 22.8 Å². The van der Waals surface area contributed by atoms with E-state index in [1.165, 1.54) is 17.0 Å². The number of ether oxygens (including phenoxy) is 2. The molecule has 0 aliphatic carbocycles. The Hall–Kier alpha value is -4.59. The maximum Gasteiger partial charge on any atom is 0.412 e. The first-order chi connectivity index (χ1) is 25.6. The molecule has 12 nitrogen and oxygen atoms in total. The highest BCUT2D eigenvalue weighted by Crippen LogP contribution is 2.47. The minimum Gasteiger partial charge on any atom is -0.465 e. The predicted molar refractivity (Wildman–Crippen MR) is 199 cm³/mol. The molecule has 0 radical (unpaired) electrons. The Morgan fingerprint density at radius 1 is 1.15 bits per heavy atom. The van der Waals surface area contributed by atoms with Crippen LogP contribution in [-0.4, -0.2) is 99.7 Å². The summed E-state index contributed by atoms with van der Waals surface area (Å²) in [6, 6.07) is 5.28. The number of aromatic nitrogens is 2. The van der Waals surface area contributed by atoms with E-state index in [4.69, 9.17) is 26.1 Å². The number of hydrogen-bond acceptors (Lipinski definition) is 10. The van der Waals surface area contributed by atoms with Gasteiger partial charge >= 0.3 is 18.2 Å². The summed E-state index contributed by atoms with van der Waals surface area (Å²) in [5.41, 5.74) is -1.15. The number of thiophene rings is 1. The number of anilines is 2. The van der Waals surface area contributed by atoms with Gasteiger partial charge in [0.05, 0.1) is 27.4 Å². The second-order valence-electron chi connectivity index (χ2n) is 15.0. The first-order valence-electron chi connectivity index (χ1n) is 17.8. The molecular formula is C37H39ClF3N7O5S. The molecule has 286 valence electrons. The van der Waals surface area contributed by atoms with Crippen molar-refractivity contribution in [2.24, 2.45) is 0 Å². The number of hydrogen-bond donors (Lipinski definition) is 2. The van der Waals surface area contributed by atoms with E-state index >= 15 is 8.78 Å². The number of rotatable bonds is 7. The second-order valence-corrected chi connectivity index (χ2v) is 16.4. The molecule has 7 rings (SSSR count). The van der Waals surface area contributed by atoms with Crippen LogP contribution in [0.4, 0.5) is 33.6 Å². The lowest BCUT2D eigenvalue weighted by Crippen LogP contribution is -2.55. The highest BCUT2D eigenvalue weighted by molar-refractivity contribution is 7.23. The number of amides is 2. The largest absolute Gasteiger partial charge is 0.465 e. The van der Waals surface area contributed by atoms with Gasteiger partial charge in [0.2, 0.25) is 0 Å². The van der Waals surface area contributed by atoms with E-state index in [1.54, 1.807) is 20.8 Å². The lowest BCUT2D eigenvalue weighted by molar-refractivity contribution is 0.0636. The molecular weight excluding hydrogens is 747 g/mol. The Morgan fingerprint density at radius 3 is 2.46 bits per heavy atom. The van der Waals surface area contributed by atoms with Crippen LogP contribution in [0.3, 0.4) is 0 Å². The van der Waals surface area contributed by atoms with Gasteiger partial charge in [-0.1, -0.05) is 17.7 Å². The molecule has 2 N–H and O–H groups in total. The fourth-order valence-electron chi connectivity index (χ4n) is 7.72. The van der Waals surface area contributed by atoms with E-state index in [9.17, 15) is 24.3 Å². The van der Waals surface area contributed by atoms with Crippen molar-refractivity contribution in [2.75, 3.05) is 42.9 Å². The van der Waals surface area contributed by atoms with Gasteiger partial charge in [-0.05, 0) is 71.1 Å². The van der Waals surface area contributed by atoms with Gasteiger partial charge in [-0.3, -0.25) is 15.1 Å². The smallest absolute Gasteiger partial charge is 0.412 e. The van der Waals surface area contributed by atoms with Crippen molar-refractivity contribution < 1.29 is 37.3 Å². The number of nitrogens with one attached hydrogen (secondary N) is 1. The second kappa shape index (κ2) is 14.6. The van der Waals surface area contributed by atoms with Crippen molar-refractivity contribution >= 4 is 66.9 Å². The van der Waals surface area contributed by atoms with Crippen LogP contribution in [0.25, 0.3) is 32.1 Å². The number of nitrogens with zero attached hydrogens (tertiary/aromatic N) is 6. The summed E-state index contributed by atoms with van der Waals surface area (Å²) < 4.78 is 58.0. The summed E-state index contributed by atoms with van der Waals surface area (Å²) in [6.45, 7) is 9.05. The number of nitriles is 1. The van der Waals surface area contributed by atoms with Gasteiger partial charge in [0.25, 0.3) is 0 Å². The summed E-state index contributed by atoms with van der Waals surface area (Å²) in [5.74, 6) is -1.25. The lowest BCUT2D eigenvalue weighted by Gasteiger charge is -2.40. The molecule has 0 spiro atoms. The molecule has 2 aromatic heterocycles. The quantitative estimate of drug-likeness (QED) is 0.188. The molecule has 5 heterocycles. The van der Waals surface area contributed by atoms with Crippen LogP contribution in [0.5, 0.6) is 6.01 Å². The zero-order chi connectivity index (χ0) is 38.6. The molecule has 4 aromatic rings. The Kier molecular flexibility index (Phi) is 10.2. The van der Waals surface area contributed by atoms with E-state index in [1.807, 2.05) is 17.9 Å². The molecule has 17 heteroatoms. The summed E-state index contributed by atoms with van der Waals surface area (Å²) in [6.07, 6.45) is -0.958. The van der Waals surface area contributed by atoms with Crippen molar-refractivity contribution in [3.63, 3.8) is 0 Å². The van der Waals surface area contributed by atoms with E-state index in [-0.39, 0.29) is 65.8 Å². The minimum absolute atomic E-state index is 0.00420. The lowest BCUT2D eigenvalue weighted by atomic mass is 9.97. The highest BCUT2D eigenvalue weighted by Gasteiger charge is 2.44. The number of likely N-dealkylation sites (tertiary alicyclic amines) is 1. The maximum atomic E-state index is 17.2. The number of benzene rings is 2. The van der Waals surface area contributed by atoms with Gasteiger partial charge in [0.1, 0.15) is 46.1 Å². The number of carbonyl (C=O) groups excluding carboxylic acids is 1. The Morgan fingerprint density at radius 2 is 1.83 bits per heavy atom. The average molecular weight is 786 g/mol. The Bertz CT molecular complexity index is 2170. The van der Waals surface area contributed by atoms with Crippen molar-refractivity contribution in [3.8, 4) is 23.2 Å². The zero-order valence-electron chi connectivity index (χ0n) is 30.1. The number of carbonyl (C=O) groups is 2. The molecule has 3 aliphatic heterocycles. The van der Waals surface area contributed by atoms with E-state index < -0.39 is 41.7 Å². The van der Waals surface area contributed by atoms with Crippen molar-refractivity contribution in [3.05, 3.63) is 40.4 Å². The van der Waals surface area contributed by atoms with E-state index in [0.717, 1.165) is 17.4 Å². The summed E-state index contributed by atoms with van der Waals surface area (Å²) in [4.78, 5) is 39.5. The monoisotopic (exact) mass is 785 g/mol. The molecule has 3 atom stereocenters. The number of alkyl halides is 1. The zero-order valence-corrected chi connectivity index (χ0v) is 31.7. The van der Waals surface area contributed by atoms with Gasteiger partial charge in [-0.2, -0.15) is 15.2 Å². The van der Waals surface area contributed by atoms with Crippen molar-refractivity contribution in [1.29, 1.82) is 5.26 Å².